The second-order valence-electron chi connectivity index (χ2n) is 5.31. The highest BCUT2D eigenvalue weighted by Crippen LogP contribution is 2.20. The van der Waals surface area contributed by atoms with Crippen LogP contribution in [0.1, 0.15) is 36.9 Å². The molecule has 23 heavy (non-hydrogen) atoms. The van der Waals surface area contributed by atoms with Crippen LogP contribution in [-0.2, 0) is 17.6 Å². The van der Waals surface area contributed by atoms with E-state index in [0.717, 1.165) is 23.2 Å². The number of anilines is 1. The Morgan fingerprint density at radius 1 is 1.26 bits per heavy atom. The molecular weight excluding hydrogens is 312 g/mol. The molecule has 0 unspecified atom stereocenters. The lowest BCUT2D eigenvalue weighted by Crippen LogP contribution is -2.14. The predicted molar refractivity (Wildman–Crippen MR) is 89.5 cm³/mol. The highest BCUT2D eigenvalue weighted by atomic mass is 32.1. The molecular formula is C16H18N4O2S. The first kappa shape index (κ1) is 15.6. The molecule has 0 saturated heterocycles. The van der Waals surface area contributed by atoms with Crippen molar-refractivity contribution in [3.05, 3.63) is 35.0 Å². The van der Waals surface area contributed by atoms with Crippen LogP contribution in [0.5, 0.6) is 0 Å². The lowest BCUT2D eigenvalue weighted by molar-refractivity contribution is -0.115. The van der Waals surface area contributed by atoms with Gasteiger partial charge in [-0.2, -0.15) is 0 Å². The topological polar surface area (TPSA) is 80.9 Å². The molecule has 1 N–H and O–H groups in total. The van der Waals surface area contributed by atoms with Gasteiger partial charge in [-0.1, -0.05) is 48.4 Å². The Kier molecular flexibility index (Phi) is 4.97. The van der Waals surface area contributed by atoms with E-state index in [4.69, 9.17) is 4.52 Å². The van der Waals surface area contributed by atoms with E-state index in [0.29, 0.717) is 16.4 Å². The van der Waals surface area contributed by atoms with Gasteiger partial charge in [0, 0.05) is 11.8 Å². The fourth-order valence-electron chi connectivity index (χ4n) is 2.31. The van der Waals surface area contributed by atoms with Crippen molar-refractivity contribution in [1.29, 1.82) is 0 Å². The molecule has 1 aromatic carbocycles. The summed E-state index contributed by atoms with van der Waals surface area (Å²) in [4.78, 5) is 12.1. The fourth-order valence-corrected chi connectivity index (χ4v) is 3.11. The average Bonchev–Trinajstić information content (AvgIpc) is 3.15. The Morgan fingerprint density at radius 3 is 3.00 bits per heavy atom. The second-order valence-corrected chi connectivity index (χ2v) is 6.37. The maximum atomic E-state index is 12.1. The first-order chi connectivity index (χ1) is 11.3. The molecule has 0 aliphatic rings. The van der Waals surface area contributed by atoms with E-state index in [1.807, 2.05) is 24.3 Å². The Morgan fingerprint density at radius 2 is 2.13 bits per heavy atom. The molecule has 7 heteroatoms. The number of hydrogen-bond acceptors (Lipinski definition) is 6. The zero-order valence-corrected chi connectivity index (χ0v) is 13.7. The SMILES string of the molecule is CCCCCc1nnc(NC(=O)Cc2noc3ccccc23)s1. The van der Waals surface area contributed by atoms with Gasteiger partial charge in [0.2, 0.25) is 11.0 Å². The zero-order chi connectivity index (χ0) is 16.1. The van der Waals surface area contributed by atoms with Gasteiger partial charge in [0.05, 0.1) is 6.42 Å². The number of hydrogen-bond donors (Lipinski definition) is 1. The van der Waals surface area contributed by atoms with Gasteiger partial charge < -0.3 is 9.84 Å². The summed E-state index contributed by atoms with van der Waals surface area (Å²) in [6.45, 7) is 2.17. The largest absolute Gasteiger partial charge is 0.356 e. The van der Waals surface area contributed by atoms with E-state index in [2.05, 4.69) is 27.6 Å². The third kappa shape index (κ3) is 3.92. The summed E-state index contributed by atoms with van der Waals surface area (Å²) in [7, 11) is 0. The Bertz CT molecular complexity index is 796. The molecule has 0 fully saturated rings. The molecule has 3 rings (SSSR count). The van der Waals surface area contributed by atoms with Gasteiger partial charge in [0.15, 0.2) is 5.58 Å². The average molecular weight is 330 g/mol. The minimum Gasteiger partial charge on any atom is -0.356 e. The van der Waals surface area contributed by atoms with E-state index in [-0.39, 0.29) is 12.3 Å². The molecule has 0 bridgehead atoms. The Balaban J connectivity index is 1.59. The fraction of sp³-hybridized carbons (Fsp3) is 0.375. The van der Waals surface area contributed by atoms with Crippen LogP contribution in [0, 0.1) is 0 Å². The highest BCUT2D eigenvalue weighted by molar-refractivity contribution is 7.15. The lowest BCUT2D eigenvalue weighted by atomic mass is 10.2. The standard InChI is InChI=1S/C16H18N4O2S/c1-2-3-4-9-15-18-19-16(23-15)17-14(21)10-12-11-7-5-6-8-13(11)22-20-12/h5-8H,2-4,9-10H2,1H3,(H,17,19,21). The predicted octanol–water partition coefficient (Wildman–Crippen LogP) is 3.59. The van der Waals surface area contributed by atoms with Gasteiger partial charge in [-0.05, 0) is 18.6 Å². The van der Waals surface area contributed by atoms with E-state index in [1.54, 1.807) is 0 Å². The Hall–Kier alpha value is -2.28. The first-order valence-electron chi connectivity index (χ1n) is 7.72. The highest BCUT2D eigenvalue weighted by Gasteiger charge is 2.14. The zero-order valence-electron chi connectivity index (χ0n) is 12.9. The number of nitrogens with one attached hydrogen (secondary N) is 1. The molecule has 6 nitrogen and oxygen atoms in total. The van der Waals surface area contributed by atoms with Gasteiger partial charge in [-0.15, -0.1) is 10.2 Å². The number of para-hydroxylation sites is 1. The van der Waals surface area contributed by atoms with Crippen molar-refractivity contribution in [2.75, 3.05) is 5.32 Å². The van der Waals surface area contributed by atoms with Gasteiger partial charge >= 0.3 is 0 Å². The van der Waals surface area contributed by atoms with Crippen LogP contribution < -0.4 is 5.32 Å². The lowest BCUT2D eigenvalue weighted by Gasteiger charge is -1.98. The minimum absolute atomic E-state index is 0.155. The maximum Gasteiger partial charge on any atom is 0.232 e. The number of carbonyl (C=O) groups is 1. The summed E-state index contributed by atoms with van der Waals surface area (Å²) < 4.78 is 5.20. The molecule has 0 atom stereocenters. The van der Waals surface area contributed by atoms with Crippen molar-refractivity contribution >= 4 is 33.3 Å². The summed E-state index contributed by atoms with van der Waals surface area (Å²) >= 11 is 1.43. The maximum absolute atomic E-state index is 12.1. The number of nitrogens with zero attached hydrogens (tertiary/aromatic N) is 3. The number of aromatic nitrogens is 3. The number of benzene rings is 1. The van der Waals surface area contributed by atoms with Gasteiger partial charge in [-0.25, -0.2) is 0 Å². The van der Waals surface area contributed by atoms with Crippen LogP contribution in [0.25, 0.3) is 11.0 Å². The van der Waals surface area contributed by atoms with Crippen LogP contribution in [-0.4, -0.2) is 21.3 Å². The summed E-state index contributed by atoms with van der Waals surface area (Å²) in [5.74, 6) is -0.166. The van der Waals surface area contributed by atoms with Crippen molar-refractivity contribution < 1.29 is 9.32 Å². The quantitative estimate of drug-likeness (QED) is 0.670. The van der Waals surface area contributed by atoms with Crippen molar-refractivity contribution in [3.8, 4) is 0 Å². The van der Waals surface area contributed by atoms with E-state index in [9.17, 15) is 4.79 Å². The number of rotatable bonds is 7. The number of unbranched alkanes of at least 4 members (excludes halogenated alkanes) is 2. The van der Waals surface area contributed by atoms with Gasteiger partial charge in [0.25, 0.3) is 0 Å². The molecule has 3 aromatic rings. The molecule has 0 spiro atoms. The molecule has 0 saturated carbocycles. The third-order valence-electron chi connectivity index (χ3n) is 3.49. The summed E-state index contributed by atoms with van der Waals surface area (Å²) in [5.41, 5.74) is 1.32. The number of fused-ring (bicyclic) bond motifs is 1. The molecule has 0 radical (unpaired) electrons. The monoisotopic (exact) mass is 330 g/mol. The molecule has 0 aliphatic carbocycles. The van der Waals surface area contributed by atoms with Gasteiger partial charge in [-0.3, -0.25) is 4.79 Å². The van der Waals surface area contributed by atoms with Gasteiger partial charge in [0.1, 0.15) is 10.7 Å². The minimum atomic E-state index is -0.166. The normalized spacial score (nSPS) is 11.0. The smallest absolute Gasteiger partial charge is 0.232 e. The van der Waals surface area contributed by atoms with Crippen LogP contribution in [0.3, 0.4) is 0 Å². The summed E-state index contributed by atoms with van der Waals surface area (Å²) in [5, 5.41) is 17.2. The van der Waals surface area contributed by atoms with Crippen molar-refractivity contribution in [3.63, 3.8) is 0 Å². The third-order valence-corrected chi connectivity index (χ3v) is 4.39. The van der Waals surface area contributed by atoms with E-state index in [1.165, 1.54) is 24.2 Å². The summed E-state index contributed by atoms with van der Waals surface area (Å²) in [6, 6.07) is 7.50. The van der Waals surface area contributed by atoms with Crippen molar-refractivity contribution in [2.45, 2.75) is 39.0 Å². The van der Waals surface area contributed by atoms with Crippen molar-refractivity contribution in [2.24, 2.45) is 0 Å². The number of carbonyl (C=O) groups excluding carboxylic acids is 1. The van der Waals surface area contributed by atoms with Crippen molar-refractivity contribution in [1.82, 2.24) is 15.4 Å². The van der Waals surface area contributed by atoms with E-state index < -0.39 is 0 Å². The molecule has 2 aromatic heterocycles. The van der Waals surface area contributed by atoms with Crippen LogP contribution in [0.15, 0.2) is 28.8 Å². The molecule has 120 valence electrons. The first-order valence-corrected chi connectivity index (χ1v) is 8.53. The molecule has 1 amide bonds. The van der Waals surface area contributed by atoms with E-state index >= 15 is 0 Å². The number of aryl methyl sites for hydroxylation is 1. The Labute approximate surface area is 137 Å². The molecule has 0 aliphatic heterocycles. The number of amides is 1. The van der Waals surface area contributed by atoms with Crippen LogP contribution in [0.2, 0.25) is 0 Å². The molecule has 2 heterocycles. The van der Waals surface area contributed by atoms with Crippen LogP contribution >= 0.6 is 11.3 Å². The van der Waals surface area contributed by atoms with Crippen LogP contribution in [0.4, 0.5) is 5.13 Å². The second kappa shape index (κ2) is 7.32. The summed E-state index contributed by atoms with van der Waals surface area (Å²) in [6.07, 6.45) is 4.52.